The maximum absolute atomic E-state index is 13.4. The number of anilines is 1. The van der Waals surface area contributed by atoms with E-state index in [4.69, 9.17) is 5.11 Å². The Morgan fingerprint density at radius 2 is 2.11 bits per heavy atom. The molecule has 0 aliphatic heterocycles. The SMILES string of the molecule is CCCC(C)NC(=O)Nc1cc(C(=O)O)ccc1F. The minimum absolute atomic E-state index is 0.0317. The van der Waals surface area contributed by atoms with Crippen molar-refractivity contribution in [3.63, 3.8) is 0 Å². The van der Waals surface area contributed by atoms with E-state index in [2.05, 4.69) is 10.6 Å². The molecule has 0 bridgehead atoms. The molecule has 0 saturated heterocycles. The zero-order valence-corrected chi connectivity index (χ0v) is 10.9. The molecule has 0 radical (unpaired) electrons. The molecule has 1 aromatic rings. The van der Waals surface area contributed by atoms with Gasteiger partial charge in [-0.25, -0.2) is 14.0 Å². The van der Waals surface area contributed by atoms with Crippen LogP contribution in [-0.2, 0) is 0 Å². The molecule has 0 spiro atoms. The van der Waals surface area contributed by atoms with Crippen molar-refractivity contribution < 1.29 is 19.1 Å². The van der Waals surface area contributed by atoms with Crippen LogP contribution in [0, 0.1) is 5.82 Å². The summed E-state index contributed by atoms with van der Waals surface area (Å²) in [6.07, 6.45) is 1.73. The molecule has 5 nitrogen and oxygen atoms in total. The molecule has 1 aromatic carbocycles. The first-order valence-corrected chi connectivity index (χ1v) is 6.04. The highest BCUT2D eigenvalue weighted by Crippen LogP contribution is 2.16. The average molecular weight is 268 g/mol. The molecule has 0 aliphatic carbocycles. The number of amides is 2. The highest BCUT2D eigenvalue weighted by molar-refractivity contribution is 5.93. The van der Waals surface area contributed by atoms with Crippen LogP contribution in [0.2, 0.25) is 0 Å². The Labute approximate surface area is 110 Å². The van der Waals surface area contributed by atoms with E-state index in [-0.39, 0.29) is 17.3 Å². The van der Waals surface area contributed by atoms with Gasteiger partial charge in [-0.3, -0.25) is 0 Å². The number of carbonyl (C=O) groups excluding carboxylic acids is 1. The molecule has 1 unspecified atom stereocenters. The molecule has 0 heterocycles. The van der Waals surface area contributed by atoms with Gasteiger partial charge in [0.25, 0.3) is 0 Å². The molecule has 0 aromatic heterocycles. The molecule has 1 rings (SSSR count). The van der Waals surface area contributed by atoms with Crippen molar-refractivity contribution in [1.82, 2.24) is 5.32 Å². The van der Waals surface area contributed by atoms with Gasteiger partial charge in [0.1, 0.15) is 5.82 Å². The minimum Gasteiger partial charge on any atom is -0.478 e. The second kappa shape index (κ2) is 6.72. The quantitative estimate of drug-likeness (QED) is 0.768. The summed E-state index contributed by atoms with van der Waals surface area (Å²) in [7, 11) is 0. The van der Waals surface area contributed by atoms with Crippen LogP contribution in [0.25, 0.3) is 0 Å². The molecule has 1 atom stereocenters. The summed E-state index contributed by atoms with van der Waals surface area (Å²) >= 11 is 0. The van der Waals surface area contributed by atoms with Crippen molar-refractivity contribution in [3.05, 3.63) is 29.6 Å². The van der Waals surface area contributed by atoms with E-state index < -0.39 is 17.8 Å². The number of halogens is 1. The van der Waals surface area contributed by atoms with E-state index in [1.165, 1.54) is 0 Å². The van der Waals surface area contributed by atoms with Crippen molar-refractivity contribution >= 4 is 17.7 Å². The summed E-state index contributed by atoms with van der Waals surface area (Å²) < 4.78 is 13.4. The first-order valence-electron chi connectivity index (χ1n) is 6.04. The van der Waals surface area contributed by atoms with Gasteiger partial charge in [-0.15, -0.1) is 0 Å². The van der Waals surface area contributed by atoms with E-state index in [1.54, 1.807) is 0 Å². The van der Waals surface area contributed by atoms with Crippen molar-refractivity contribution in [1.29, 1.82) is 0 Å². The number of aromatic carboxylic acids is 1. The maximum Gasteiger partial charge on any atom is 0.335 e. The number of rotatable bonds is 5. The molecule has 0 aliphatic rings. The normalized spacial score (nSPS) is 11.7. The van der Waals surface area contributed by atoms with Crippen molar-refractivity contribution in [2.45, 2.75) is 32.7 Å². The number of hydrogen-bond acceptors (Lipinski definition) is 2. The Morgan fingerprint density at radius 1 is 1.42 bits per heavy atom. The first kappa shape index (κ1) is 14.9. The summed E-state index contributed by atoms with van der Waals surface area (Å²) in [6, 6.07) is 2.65. The van der Waals surface area contributed by atoms with E-state index in [0.29, 0.717) is 0 Å². The van der Waals surface area contributed by atoms with Gasteiger partial charge in [0.15, 0.2) is 0 Å². The number of hydrogen-bond donors (Lipinski definition) is 3. The number of carboxylic acids is 1. The number of nitrogens with one attached hydrogen (secondary N) is 2. The Balaban J connectivity index is 2.73. The molecule has 6 heteroatoms. The second-order valence-corrected chi connectivity index (χ2v) is 4.29. The van der Waals surface area contributed by atoms with Crippen molar-refractivity contribution in [2.75, 3.05) is 5.32 Å². The first-order chi connectivity index (χ1) is 8.93. The molecular weight excluding hydrogens is 251 g/mol. The van der Waals surface area contributed by atoms with Crippen LogP contribution in [0.4, 0.5) is 14.9 Å². The molecule has 2 amide bonds. The summed E-state index contributed by atoms with van der Waals surface area (Å²) in [5.41, 5.74) is -0.237. The number of urea groups is 1. The lowest BCUT2D eigenvalue weighted by Crippen LogP contribution is -2.36. The van der Waals surface area contributed by atoms with Crippen LogP contribution >= 0.6 is 0 Å². The van der Waals surface area contributed by atoms with E-state index in [1.807, 2.05) is 13.8 Å². The number of carboxylic acid groups (broad SMARTS) is 1. The monoisotopic (exact) mass is 268 g/mol. The second-order valence-electron chi connectivity index (χ2n) is 4.29. The lowest BCUT2D eigenvalue weighted by molar-refractivity contribution is 0.0697. The van der Waals surface area contributed by atoms with E-state index >= 15 is 0 Å². The summed E-state index contributed by atoms with van der Waals surface area (Å²) in [5, 5.41) is 13.7. The van der Waals surface area contributed by atoms with Crippen molar-refractivity contribution in [2.24, 2.45) is 0 Å². The molecule has 0 saturated carbocycles. The largest absolute Gasteiger partial charge is 0.478 e. The smallest absolute Gasteiger partial charge is 0.335 e. The van der Waals surface area contributed by atoms with Crippen LogP contribution in [0.5, 0.6) is 0 Å². The predicted octanol–water partition coefficient (Wildman–Crippen LogP) is 2.83. The van der Waals surface area contributed by atoms with E-state index in [0.717, 1.165) is 31.0 Å². The van der Waals surface area contributed by atoms with Crippen LogP contribution < -0.4 is 10.6 Å². The predicted molar refractivity (Wildman–Crippen MR) is 69.9 cm³/mol. The van der Waals surface area contributed by atoms with Crippen molar-refractivity contribution in [3.8, 4) is 0 Å². The lowest BCUT2D eigenvalue weighted by atomic mass is 10.2. The van der Waals surface area contributed by atoms with Crippen LogP contribution in [0.3, 0.4) is 0 Å². The fourth-order valence-corrected chi connectivity index (χ4v) is 1.64. The van der Waals surface area contributed by atoms with Gasteiger partial charge in [-0.05, 0) is 31.5 Å². The topological polar surface area (TPSA) is 78.4 Å². The Morgan fingerprint density at radius 3 is 2.68 bits per heavy atom. The Kier molecular flexibility index (Phi) is 5.29. The van der Waals surface area contributed by atoms with Gasteiger partial charge in [0.2, 0.25) is 0 Å². The number of carbonyl (C=O) groups is 2. The average Bonchev–Trinajstić information content (AvgIpc) is 2.31. The maximum atomic E-state index is 13.4. The Bertz CT molecular complexity index is 477. The lowest BCUT2D eigenvalue weighted by Gasteiger charge is -2.14. The third-order valence-corrected chi connectivity index (χ3v) is 2.56. The van der Waals surface area contributed by atoms with Gasteiger partial charge >= 0.3 is 12.0 Å². The third kappa shape index (κ3) is 4.57. The molecule has 104 valence electrons. The molecule has 19 heavy (non-hydrogen) atoms. The van der Waals surface area contributed by atoms with Crippen LogP contribution in [-0.4, -0.2) is 23.1 Å². The third-order valence-electron chi connectivity index (χ3n) is 2.56. The summed E-state index contributed by atoms with van der Waals surface area (Å²) in [6.45, 7) is 3.83. The fraction of sp³-hybridized carbons (Fsp3) is 0.385. The Hall–Kier alpha value is -2.11. The van der Waals surface area contributed by atoms with Crippen LogP contribution in [0.1, 0.15) is 37.0 Å². The van der Waals surface area contributed by atoms with E-state index in [9.17, 15) is 14.0 Å². The summed E-state index contributed by atoms with van der Waals surface area (Å²) in [5.74, 6) is -1.86. The standard InChI is InChI=1S/C13H17FN2O3/c1-3-4-8(2)15-13(19)16-11-7-9(12(17)18)5-6-10(11)14/h5-8H,3-4H2,1-2H3,(H,17,18)(H2,15,16,19). The van der Waals surface area contributed by atoms with Gasteiger partial charge in [-0.1, -0.05) is 13.3 Å². The fourth-order valence-electron chi connectivity index (χ4n) is 1.64. The van der Waals surface area contributed by atoms with Gasteiger partial charge in [0, 0.05) is 6.04 Å². The van der Waals surface area contributed by atoms with Gasteiger partial charge in [0.05, 0.1) is 11.3 Å². The van der Waals surface area contributed by atoms with Gasteiger partial charge < -0.3 is 15.7 Å². The molecular formula is C13H17FN2O3. The highest BCUT2D eigenvalue weighted by Gasteiger charge is 2.12. The highest BCUT2D eigenvalue weighted by atomic mass is 19.1. The molecule has 3 N–H and O–H groups in total. The van der Waals surface area contributed by atoms with Crippen LogP contribution in [0.15, 0.2) is 18.2 Å². The summed E-state index contributed by atoms with van der Waals surface area (Å²) in [4.78, 5) is 22.4. The van der Waals surface area contributed by atoms with Gasteiger partial charge in [-0.2, -0.15) is 0 Å². The minimum atomic E-state index is -1.18. The zero-order valence-electron chi connectivity index (χ0n) is 10.9. The zero-order chi connectivity index (χ0) is 14.4. The molecule has 0 fully saturated rings. The number of benzene rings is 1.